The molecule has 0 aliphatic heterocycles. The molecule has 0 spiro atoms. The largest absolute Gasteiger partial charge is 0.546 e. The van der Waals surface area contributed by atoms with Gasteiger partial charge < -0.3 is 4.43 Å². The van der Waals surface area contributed by atoms with E-state index in [-0.39, 0.29) is 10.5 Å². The van der Waals surface area contributed by atoms with Gasteiger partial charge in [-0.2, -0.15) is 0 Å². The smallest absolute Gasteiger partial charge is 0.250 e. The maximum atomic E-state index is 6.57. The molecule has 20 heavy (non-hydrogen) atoms. The van der Waals surface area contributed by atoms with E-state index in [9.17, 15) is 0 Å². The van der Waals surface area contributed by atoms with Crippen molar-refractivity contribution in [3.63, 3.8) is 0 Å². The van der Waals surface area contributed by atoms with Gasteiger partial charge >= 0.3 is 0 Å². The molecule has 1 aliphatic rings. The van der Waals surface area contributed by atoms with Crippen molar-refractivity contribution in [2.75, 3.05) is 0 Å². The Hall–Kier alpha value is -1.02. The molecule has 0 radical (unpaired) electrons. The molecule has 110 valence electrons. The molecule has 1 aliphatic carbocycles. The highest BCUT2D eigenvalue weighted by molar-refractivity contribution is 6.74. The first-order chi connectivity index (χ1) is 9.04. The van der Waals surface area contributed by atoms with Crippen LogP contribution in [0.2, 0.25) is 18.1 Å². The third-order valence-electron chi connectivity index (χ3n) is 5.50. The van der Waals surface area contributed by atoms with Gasteiger partial charge in [-0.25, -0.2) is 0 Å². The molecule has 1 nitrogen and oxygen atoms in total. The second-order valence-corrected chi connectivity index (χ2v) is 12.4. The fourth-order valence-electron chi connectivity index (χ4n) is 2.67. The van der Waals surface area contributed by atoms with Crippen LogP contribution in [0.4, 0.5) is 0 Å². The third kappa shape index (κ3) is 2.58. The maximum Gasteiger partial charge on any atom is 0.250 e. The molecule has 0 amide bonds. The van der Waals surface area contributed by atoms with Crippen molar-refractivity contribution in [2.24, 2.45) is 5.41 Å². The van der Waals surface area contributed by atoms with Crippen LogP contribution in [0.5, 0.6) is 0 Å². The van der Waals surface area contributed by atoms with Crippen LogP contribution in [0.15, 0.2) is 30.0 Å². The lowest BCUT2D eigenvalue weighted by atomic mass is 9.82. The second kappa shape index (κ2) is 4.76. The number of benzene rings is 1. The standard InChI is InChI=1S/C18H28OSi/c1-17(2,3)18(4,5)20(6,7)19-16-12-14-10-8-9-11-15(14)13-16/h8-12H,13H2,1-7H3. The number of allylic oxidation sites excluding steroid dienone is 1. The van der Waals surface area contributed by atoms with E-state index in [2.05, 4.69) is 78.1 Å². The lowest BCUT2D eigenvalue weighted by molar-refractivity contribution is 0.247. The minimum absolute atomic E-state index is 0.204. The number of rotatable bonds is 3. The summed E-state index contributed by atoms with van der Waals surface area (Å²) in [4.78, 5) is 0. The van der Waals surface area contributed by atoms with Crippen molar-refractivity contribution in [1.82, 2.24) is 0 Å². The fraction of sp³-hybridized carbons (Fsp3) is 0.556. The molecule has 0 atom stereocenters. The molecule has 0 unspecified atom stereocenters. The minimum Gasteiger partial charge on any atom is -0.546 e. The average Bonchev–Trinajstić information content (AvgIpc) is 2.68. The summed E-state index contributed by atoms with van der Waals surface area (Å²) in [6, 6.07) is 8.58. The van der Waals surface area contributed by atoms with Gasteiger partial charge in [0.15, 0.2) is 0 Å². The van der Waals surface area contributed by atoms with Crippen LogP contribution >= 0.6 is 0 Å². The molecule has 0 aromatic heterocycles. The Morgan fingerprint density at radius 1 is 1.00 bits per heavy atom. The molecule has 0 heterocycles. The summed E-state index contributed by atoms with van der Waals surface area (Å²) in [5.74, 6) is 1.15. The lowest BCUT2D eigenvalue weighted by Crippen LogP contribution is -2.48. The predicted molar refractivity (Wildman–Crippen MR) is 90.2 cm³/mol. The first kappa shape index (κ1) is 15.4. The van der Waals surface area contributed by atoms with Crippen molar-refractivity contribution in [3.05, 3.63) is 41.2 Å². The van der Waals surface area contributed by atoms with Crippen LogP contribution in [-0.2, 0) is 10.8 Å². The van der Waals surface area contributed by atoms with Gasteiger partial charge in [0.25, 0.3) is 8.32 Å². The molecular formula is C18H28OSi. The van der Waals surface area contributed by atoms with Crippen molar-refractivity contribution in [1.29, 1.82) is 0 Å². The SMILES string of the molecule is CC(C)(C)C(C)(C)[Si](C)(C)OC1=Cc2ccccc2C1. The van der Waals surface area contributed by atoms with E-state index >= 15 is 0 Å². The van der Waals surface area contributed by atoms with Crippen molar-refractivity contribution < 1.29 is 4.43 Å². The normalized spacial score (nSPS) is 15.8. The summed E-state index contributed by atoms with van der Waals surface area (Å²) >= 11 is 0. The van der Waals surface area contributed by atoms with Crippen molar-refractivity contribution in [3.8, 4) is 0 Å². The van der Waals surface area contributed by atoms with Gasteiger partial charge in [-0.05, 0) is 40.8 Å². The van der Waals surface area contributed by atoms with Gasteiger partial charge in [0.2, 0.25) is 0 Å². The molecular weight excluding hydrogens is 260 g/mol. The second-order valence-electron chi connectivity index (χ2n) is 7.97. The van der Waals surface area contributed by atoms with Crippen LogP contribution in [0.1, 0.15) is 45.7 Å². The predicted octanol–water partition coefficient (Wildman–Crippen LogP) is 5.63. The Morgan fingerprint density at radius 3 is 2.15 bits per heavy atom. The van der Waals surface area contributed by atoms with E-state index in [1.54, 1.807) is 0 Å². The maximum absolute atomic E-state index is 6.57. The van der Waals surface area contributed by atoms with Crippen LogP contribution in [0.25, 0.3) is 6.08 Å². The van der Waals surface area contributed by atoms with Crippen molar-refractivity contribution in [2.45, 2.75) is 59.2 Å². The lowest BCUT2D eigenvalue weighted by Gasteiger charge is -2.48. The summed E-state index contributed by atoms with van der Waals surface area (Å²) in [6.07, 6.45) is 3.18. The summed E-state index contributed by atoms with van der Waals surface area (Å²) in [6.45, 7) is 16.4. The monoisotopic (exact) mass is 288 g/mol. The van der Waals surface area contributed by atoms with E-state index in [4.69, 9.17) is 4.43 Å². The average molecular weight is 289 g/mol. The Balaban J connectivity index is 2.20. The third-order valence-corrected chi connectivity index (χ3v) is 10.0. The topological polar surface area (TPSA) is 9.23 Å². The quantitative estimate of drug-likeness (QED) is 0.655. The molecule has 0 saturated heterocycles. The van der Waals surface area contributed by atoms with Crippen LogP contribution in [-0.4, -0.2) is 8.32 Å². The molecule has 0 fully saturated rings. The highest BCUT2D eigenvalue weighted by Gasteiger charge is 2.50. The molecule has 1 aromatic rings. The van der Waals surface area contributed by atoms with E-state index in [0.717, 1.165) is 12.2 Å². The number of hydrogen-bond donors (Lipinski definition) is 0. The zero-order valence-electron chi connectivity index (χ0n) is 14.0. The van der Waals surface area contributed by atoms with E-state index < -0.39 is 8.32 Å². The zero-order valence-corrected chi connectivity index (χ0v) is 15.0. The van der Waals surface area contributed by atoms with Gasteiger partial charge in [0.05, 0.1) is 5.76 Å². The Morgan fingerprint density at radius 2 is 1.60 bits per heavy atom. The molecule has 2 rings (SSSR count). The molecule has 0 saturated carbocycles. The van der Waals surface area contributed by atoms with Gasteiger partial charge in [0, 0.05) is 6.42 Å². The summed E-state index contributed by atoms with van der Waals surface area (Å²) in [7, 11) is -1.84. The van der Waals surface area contributed by atoms with Crippen LogP contribution < -0.4 is 0 Å². The molecule has 0 bridgehead atoms. The minimum atomic E-state index is -1.84. The Bertz CT molecular complexity index is 533. The van der Waals surface area contributed by atoms with Gasteiger partial charge in [-0.1, -0.05) is 58.9 Å². The van der Waals surface area contributed by atoms with Crippen LogP contribution in [0, 0.1) is 5.41 Å². The molecule has 2 heteroatoms. The number of fused-ring (bicyclic) bond motifs is 1. The summed E-state index contributed by atoms with van der Waals surface area (Å²) in [5.41, 5.74) is 2.95. The van der Waals surface area contributed by atoms with Crippen molar-refractivity contribution >= 4 is 14.4 Å². The number of hydrogen-bond acceptors (Lipinski definition) is 1. The molecule has 1 aromatic carbocycles. The van der Waals surface area contributed by atoms with E-state index in [1.165, 1.54) is 11.1 Å². The van der Waals surface area contributed by atoms with Crippen LogP contribution in [0.3, 0.4) is 0 Å². The summed E-state index contributed by atoms with van der Waals surface area (Å²) in [5, 5.41) is 0.204. The first-order valence-corrected chi connectivity index (χ1v) is 10.4. The highest BCUT2D eigenvalue weighted by atomic mass is 28.4. The van der Waals surface area contributed by atoms with Gasteiger partial charge in [-0.3, -0.25) is 0 Å². The Labute approximate surface area is 125 Å². The molecule has 0 N–H and O–H groups in total. The highest BCUT2D eigenvalue weighted by Crippen LogP contribution is 2.53. The van der Waals surface area contributed by atoms with E-state index in [0.29, 0.717) is 0 Å². The first-order valence-electron chi connectivity index (χ1n) is 7.52. The zero-order chi connectivity index (χ0) is 15.2. The van der Waals surface area contributed by atoms with E-state index in [1.807, 2.05) is 0 Å². The van der Waals surface area contributed by atoms with Gasteiger partial charge in [0.1, 0.15) is 0 Å². The fourth-order valence-corrected chi connectivity index (χ4v) is 5.52. The van der Waals surface area contributed by atoms with Gasteiger partial charge in [-0.15, -0.1) is 0 Å². The Kier molecular flexibility index (Phi) is 3.66. The summed E-state index contributed by atoms with van der Waals surface area (Å²) < 4.78 is 6.57.